The van der Waals surface area contributed by atoms with E-state index < -0.39 is 0 Å². The second-order valence-corrected chi connectivity index (χ2v) is 4.66. The Kier molecular flexibility index (Phi) is 3.97. The van der Waals surface area contributed by atoms with Crippen molar-refractivity contribution in [3.8, 4) is 5.75 Å². The van der Waals surface area contributed by atoms with Crippen molar-refractivity contribution in [3.05, 3.63) is 52.2 Å². The average molecular weight is 234 g/mol. The summed E-state index contributed by atoms with van der Waals surface area (Å²) in [4.78, 5) is 1.26. The molecule has 0 saturated carbocycles. The fourth-order valence-corrected chi connectivity index (χ4v) is 2.12. The number of hydrogen-bond donors (Lipinski definition) is 1. The summed E-state index contributed by atoms with van der Waals surface area (Å²) in [5.41, 5.74) is 1.32. The molecule has 0 amide bonds. The summed E-state index contributed by atoms with van der Waals surface area (Å²) >= 11 is 1.72. The summed E-state index contributed by atoms with van der Waals surface area (Å²) in [5, 5.41) is 4.22. The van der Waals surface area contributed by atoms with Gasteiger partial charge < -0.3 is 10.1 Å². The summed E-state index contributed by atoms with van der Waals surface area (Å²) < 4.78 is 5.68. The number of thiophene rings is 1. The minimum atomic E-state index is 0.664. The first-order valence-corrected chi connectivity index (χ1v) is 6.28. The lowest BCUT2D eigenvalue weighted by atomic mass is 10.2. The normalized spacial score (nSPS) is 10.3. The molecule has 0 bridgehead atoms. The molecule has 0 spiro atoms. The largest absolute Gasteiger partial charge is 0.488 e. The number of hydrogen-bond acceptors (Lipinski definition) is 2. The summed E-state index contributed by atoms with van der Waals surface area (Å²) in [5.74, 6) is 0.938. The second-order valence-electron chi connectivity index (χ2n) is 3.62. The lowest BCUT2D eigenvalue weighted by Gasteiger charge is -2.05. The highest BCUT2D eigenvalue weighted by Gasteiger charge is 1.98. The molecule has 2 N–H and O–H groups in total. The van der Waals surface area contributed by atoms with Crippen molar-refractivity contribution in [2.24, 2.45) is 0 Å². The molecule has 2 rings (SSSR count). The van der Waals surface area contributed by atoms with Crippen LogP contribution in [0.3, 0.4) is 0 Å². The van der Waals surface area contributed by atoms with Crippen molar-refractivity contribution >= 4 is 11.3 Å². The lowest BCUT2D eigenvalue weighted by molar-refractivity contribution is -0.643. The number of rotatable bonds is 5. The Bertz CT molecular complexity index is 408. The minimum Gasteiger partial charge on any atom is -0.488 e. The van der Waals surface area contributed by atoms with E-state index in [1.807, 2.05) is 18.2 Å². The molecule has 0 atom stereocenters. The van der Waals surface area contributed by atoms with Crippen LogP contribution in [0.5, 0.6) is 5.75 Å². The van der Waals surface area contributed by atoms with Crippen LogP contribution < -0.4 is 10.1 Å². The third-order valence-electron chi connectivity index (χ3n) is 2.32. The molecule has 0 unspecified atom stereocenters. The molecule has 0 saturated heterocycles. The fourth-order valence-electron chi connectivity index (χ4n) is 1.51. The van der Waals surface area contributed by atoms with Gasteiger partial charge in [0, 0.05) is 10.4 Å². The highest BCUT2D eigenvalue weighted by Crippen LogP contribution is 2.15. The first-order valence-electron chi connectivity index (χ1n) is 5.40. The monoisotopic (exact) mass is 234 g/mol. The van der Waals surface area contributed by atoms with E-state index in [9.17, 15) is 0 Å². The smallest absolute Gasteiger partial charge is 0.122 e. The first-order chi connectivity index (χ1) is 7.88. The molecule has 1 aromatic carbocycles. The maximum atomic E-state index is 5.68. The van der Waals surface area contributed by atoms with Crippen LogP contribution in [-0.2, 0) is 13.2 Å². The van der Waals surface area contributed by atoms with Crippen LogP contribution in [0, 0.1) is 0 Å². The van der Waals surface area contributed by atoms with Crippen molar-refractivity contribution < 1.29 is 10.1 Å². The van der Waals surface area contributed by atoms with Crippen molar-refractivity contribution in [1.29, 1.82) is 0 Å². The standard InChI is InChI=1S/C13H15NOS/c1-14-9-11-4-6-12(7-5-11)15-10-13-3-2-8-16-13/h2-8,14H,9-10H2,1H3/p+1. The molecule has 16 heavy (non-hydrogen) atoms. The highest BCUT2D eigenvalue weighted by atomic mass is 32.1. The van der Waals surface area contributed by atoms with Gasteiger partial charge in [-0.25, -0.2) is 0 Å². The molecule has 0 fully saturated rings. The van der Waals surface area contributed by atoms with Crippen LogP contribution in [0.25, 0.3) is 0 Å². The molecule has 1 heterocycles. The zero-order chi connectivity index (χ0) is 11.2. The Hall–Kier alpha value is -1.32. The average Bonchev–Trinajstić information content (AvgIpc) is 2.82. The van der Waals surface area contributed by atoms with Crippen molar-refractivity contribution in [2.75, 3.05) is 7.05 Å². The van der Waals surface area contributed by atoms with Crippen molar-refractivity contribution in [3.63, 3.8) is 0 Å². The zero-order valence-electron chi connectivity index (χ0n) is 9.35. The summed E-state index contributed by atoms with van der Waals surface area (Å²) in [7, 11) is 2.07. The summed E-state index contributed by atoms with van der Waals surface area (Å²) in [6.07, 6.45) is 0. The van der Waals surface area contributed by atoms with Gasteiger partial charge in [0.1, 0.15) is 18.9 Å². The number of quaternary nitrogens is 1. The van der Waals surface area contributed by atoms with E-state index in [1.165, 1.54) is 10.4 Å². The molecule has 2 nitrogen and oxygen atoms in total. The van der Waals surface area contributed by atoms with Crippen LogP contribution in [0.1, 0.15) is 10.4 Å². The Morgan fingerprint density at radius 2 is 2.00 bits per heavy atom. The minimum absolute atomic E-state index is 0.664. The topological polar surface area (TPSA) is 25.8 Å². The van der Waals surface area contributed by atoms with Crippen LogP contribution in [0.2, 0.25) is 0 Å². The number of ether oxygens (including phenoxy) is 1. The van der Waals surface area contributed by atoms with E-state index >= 15 is 0 Å². The second kappa shape index (κ2) is 5.68. The van der Waals surface area contributed by atoms with Crippen molar-refractivity contribution in [1.82, 2.24) is 0 Å². The molecule has 3 heteroatoms. The SMILES string of the molecule is C[NH2+]Cc1ccc(OCc2cccs2)cc1. The van der Waals surface area contributed by atoms with E-state index in [0.29, 0.717) is 6.61 Å². The van der Waals surface area contributed by atoms with Gasteiger partial charge in [0.2, 0.25) is 0 Å². The third-order valence-corrected chi connectivity index (χ3v) is 3.17. The van der Waals surface area contributed by atoms with Gasteiger partial charge >= 0.3 is 0 Å². The molecule has 2 aromatic rings. The highest BCUT2D eigenvalue weighted by molar-refractivity contribution is 7.09. The molecule has 0 aliphatic carbocycles. The maximum absolute atomic E-state index is 5.68. The lowest BCUT2D eigenvalue weighted by Crippen LogP contribution is -2.77. The summed E-state index contributed by atoms with van der Waals surface area (Å²) in [6, 6.07) is 12.4. The zero-order valence-corrected chi connectivity index (χ0v) is 10.2. The Balaban J connectivity index is 1.90. The fraction of sp³-hybridized carbons (Fsp3) is 0.231. The van der Waals surface area contributed by atoms with Gasteiger partial charge in [-0.05, 0) is 35.7 Å². The Labute approximate surface area is 99.9 Å². The first kappa shape index (κ1) is 11.2. The van der Waals surface area contributed by atoms with Crippen LogP contribution in [0.4, 0.5) is 0 Å². The van der Waals surface area contributed by atoms with E-state index in [2.05, 4.69) is 35.9 Å². The van der Waals surface area contributed by atoms with Crippen LogP contribution >= 0.6 is 11.3 Å². The van der Waals surface area contributed by atoms with Gasteiger partial charge in [0.05, 0.1) is 7.05 Å². The molecule has 0 aliphatic rings. The van der Waals surface area contributed by atoms with E-state index in [1.54, 1.807) is 11.3 Å². The quantitative estimate of drug-likeness (QED) is 0.841. The molecule has 0 radical (unpaired) electrons. The number of nitrogens with two attached hydrogens (primary N) is 1. The van der Waals surface area contributed by atoms with Gasteiger partial charge in [0.15, 0.2) is 0 Å². The van der Waals surface area contributed by atoms with Gasteiger partial charge in [-0.15, -0.1) is 11.3 Å². The van der Waals surface area contributed by atoms with Gasteiger partial charge in [-0.2, -0.15) is 0 Å². The number of benzene rings is 1. The Morgan fingerprint density at radius 3 is 2.62 bits per heavy atom. The van der Waals surface area contributed by atoms with Crippen LogP contribution in [0.15, 0.2) is 41.8 Å². The van der Waals surface area contributed by atoms with Crippen molar-refractivity contribution in [2.45, 2.75) is 13.2 Å². The molecule has 1 aromatic heterocycles. The van der Waals surface area contributed by atoms with Gasteiger partial charge in [-0.3, -0.25) is 0 Å². The molecular weight excluding hydrogens is 218 g/mol. The van der Waals surface area contributed by atoms with E-state index in [-0.39, 0.29) is 0 Å². The third kappa shape index (κ3) is 3.08. The molecule has 0 aliphatic heterocycles. The van der Waals surface area contributed by atoms with Crippen LogP contribution in [-0.4, -0.2) is 7.05 Å². The Morgan fingerprint density at radius 1 is 1.19 bits per heavy atom. The summed E-state index contributed by atoms with van der Waals surface area (Å²) in [6.45, 7) is 1.68. The van der Waals surface area contributed by atoms with E-state index in [0.717, 1.165) is 12.3 Å². The van der Waals surface area contributed by atoms with E-state index in [4.69, 9.17) is 4.74 Å². The van der Waals surface area contributed by atoms with Gasteiger partial charge in [-0.1, -0.05) is 6.07 Å². The predicted octanol–water partition coefficient (Wildman–Crippen LogP) is 2.02. The maximum Gasteiger partial charge on any atom is 0.122 e. The molecular formula is C13H16NOS+. The molecule has 84 valence electrons. The van der Waals surface area contributed by atoms with Gasteiger partial charge in [0.25, 0.3) is 0 Å². The predicted molar refractivity (Wildman–Crippen MR) is 66.6 cm³/mol.